The molecule has 1 aromatic rings. The van der Waals surface area contributed by atoms with Crippen molar-refractivity contribution < 1.29 is 19.7 Å². The minimum atomic E-state index is -0.886. The highest BCUT2D eigenvalue weighted by atomic mass is 16.5. The Kier molecular flexibility index (Phi) is 3.50. The van der Waals surface area contributed by atoms with E-state index in [-0.39, 0.29) is 12.3 Å². The maximum atomic E-state index is 11.1. The molecule has 0 unspecified atom stereocenters. The fourth-order valence-electron chi connectivity index (χ4n) is 3.28. The number of aromatic carboxylic acids is 1. The van der Waals surface area contributed by atoms with Crippen LogP contribution in [-0.2, 0) is 16.8 Å². The highest BCUT2D eigenvalue weighted by molar-refractivity contribution is 5.88. The van der Waals surface area contributed by atoms with Gasteiger partial charge in [-0.25, -0.2) is 4.79 Å². The van der Waals surface area contributed by atoms with Crippen molar-refractivity contribution in [1.82, 2.24) is 4.90 Å². The molecule has 2 heterocycles. The van der Waals surface area contributed by atoms with Gasteiger partial charge in [-0.05, 0) is 42.5 Å². The summed E-state index contributed by atoms with van der Waals surface area (Å²) in [5.74, 6) is -0.886. The summed E-state index contributed by atoms with van der Waals surface area (Å²) in [5, 5.41) is 18.3. The van der Waals surface area contributed by atoms with Crippen molar-refractivity contribution in [1.29, 1.82) is 0 Å². The molecule has 5 heteroatoms. The van der Waals surface area contributed by atoms with Crippen LogP contribution in [0.5, 0.6) is 0 Å². The van der Waals surface area contributed by atoms with Crippen LogP contribution < -0.4 is 0 Å². The van der Waals surface area contributed by atoms with Gasteiger partial charge in [0.15, 0.2) is 0 Å². The van der Waals surface area contributed by atoms with Gasteiger partial charge < -0.3 is 14.9 Å². The number of hydrogen-bond donors (Lipinski definition) is 2. The van der Waals surface area contributed by atoms with Crippen LogP contribution in [0.2, 0.25) is 0 Å². The van der Waals surface area contributed by atoms with Crippen LogP contribution in [0.3, 0.4) is 0 Å². The molecule has 1 fully saturated rings. The van der Waals surface area contributed by atoms with E-state index < -0.39 is 5.97 Å². The molecule has 1 saturated heterocycles. The number of aliphatic hydroxyl groups excluding tert-OH is 1. The van der Waals surface area contributed by atoms with Crippen molar-refractivity contribution in [3.63, 3.8) is 0 Å². The van der Waals surface area contributed by atoms with Crippen molar-refractivity contribution in [2.45, 2.75) is 24.9 Å². The Balaban J connectivity index is 1.92. The fraction of sp³-hybridized carbons (Fsp3) is 0.533. The van der Waals surface area contributed by atoms with Crippen LogP contribution in [0.4, 0.5) is 0 Å². The average Bonchev–Trinajstić information content (AvgIpc) is 2.48. The number of ether oxygens (including phenoxy) is 1. The molecule has 0 aromatic heterocycles. The predicted molar refractivity (Wildman–Crippen MR) is 72.6 cm³/mol. The van der Waals surface area contributed by atoms with Gasteiger partial charge in [0, 0.05) is 13.1 Å². The molecule has 2 aliphatic heterocycles. The van der Waals surface area contributed by atoms with Crippen molar-refractivity contribution in [3.05, 3.63) is 34.9 Å². The van der Waals surface area contributed by atoms with Gasteiger partial charge in [-0.1, -0.05) is 6.07 Å². The first-order valence-electron chi connectivity index (χ1n) is 6.98. The van der Waals surface area contributed by atoms with Gasteiger partial charge in [-0.15, -0.1) is 0 Å². The van der Waals surface area contributed by atoms with Crippen LogP contribution >= 0.6 is 0 Å². The Morgan fingerprint density at radius 2 is 2.10 bits per heavy atom. The topological polar surface area (TPSA) is 70.0 Å². The van der Waals surface area contributed by atoms with E-state index in [9.17, 15) is 9.90 Å². The molecule has 0 radical (unpaired) electrons. The summed E-state index contributed by atoms with van der Waals surface area (Å²) in [6.45, 7) is 2.32. The zero-order valence-corrected chi connectivity index (χ0v) is 11.3. The Bertz CT molecular complexity index is 521. The van der Waals surface area contributed by atoms with Crippen LogP contribution in [0.25, 0.3) is 0 Å². The number of fused-ring (bicyclic) bond motifs is 2. The minimum absolute atomic E-state index is 0.0842. The van der Waals surface area contributed by atoms with Crippen molar-refractivity contribution >= 4 is 5.97 Å². The van der Waals surface area contributed by atoms with Gasteiger partial charge in [0.2, 0.25) is 0 Å². The second kappa shape index (κ2) is 5.16. The lowest BCUT2D eigenvalue weighted by atomic mass is 9.79. The van der Waals surface area contributed by atoms with E-state index in [0.29, 0.717) is 12.2 Å². The summed E-state index contributed by atoms with van der Waals surface area (Å²) in [6, 6.07) is 5.35. The zero-order valence-electron chi connectivity index (χ0n) is 11.3. The molecule has 108 valence electrons. The lowest BCUT2D eigenvalue weighted by molar-refractivity contribution is -0.106. The van der Waals surface area contributed by atoms with Crippen LogP contribution in [0.1, 0.15) is 34.3 Å². The summed E-state index contributed by atoms with van der Waals surface area (Å²) in [4.78, 5) is 13.1. The molecular formula is C15H19NO4. The summed E-state index contributed by atoms with van der Waals surface area (Å²) < 4.78 is 6.07. The van der Waals surface area contributed by atoms with E-state index >= 15 is 0 Å². The van der Waals surface area contributed by atoms with Crippen molar-refractivity contribution in [2.75, 3.05) is 26.4 Å². The summed E-state index contributed by atoms with van der Waals surface area (Å²) in [5.41, 5.74) is 2.27. The maximum absolute atomic E-state index is 11.1. The number of carboxylic acid groups (broad SMARTS) is 1. The smallest absolute Gasteiger partial charge is 0.335 e. The Morgan fingerprint density at radius 3 is 2.75 bits per heavy atom. The molecule has 3 rings (SSSR count). The SMILES string of the molecule is O=C(O)c1ccc2c(c1)CCOC21CCN(CO)CC1. The van der Waals surface area contributed by atoms with Gasteiger partial charge in [-0.3, -0.25) is 4.90 Å². The largest absolute Gasteiger partial charge is 0.478 e. The number of benzene rings is 1. The third kappa shape index (κ3) is 2.22. The molecule has 20 heavy (non-hydrogen) atoms. The van der Waals surface area contributed by atoms with E-state index in [2.05, 4.69) is 0 Å². The highest BCUT2D eigenvalue weighted by Crippen LogP contribution is 2.41. The van der Waals surface area contributed by atoms with Crippen LogP contribution in [0, 0.1) is 0 Å². The normalized spacial score (nSPS) is 21.6. The number of hydrogen-bond acceptors (Lipinski definition) is 4. The molecule has 1 aromatic carbocycles. The molecule has 0 bridgehead atoms. The predicted octanol–water partition coefficient (Wildman–Crippen LogP) is 1.20. The number of likely N-dealkylation sites (tertiary alicyclic amines) is 1. The average molecular weight is 277 g/mol. The highest BCUT2D eigenvalue weighted by Gasteiger charge is 2.40. The standard InChI is InChI=1S/C15H19NO4/c17-10-16-6-4-15(5-7-16)13-2-1-12(14(18)19)9-11(13)3-8-20-15/h1-2,9,17H,3-8,10H2,(H,18,19). The lowest BCUT2D eigenvalue weighted by Crippen LogP contribution is -2.46. The number of aliphatic hydroxyl groups is 1. The summed E-state index contributed by atoms with van der Waals surface area (Å²) in [6.07, 6.45) is 2.45. The zero-order chi connectivity index (χ0) is 14.2. The van der Waals surface area contributed by atoms with E-state index in [1.54, 1.807) is 12.1 Å². The fourth-order valence-corrected chi connectivity index (χ4v) is 3.28. The summed E-state index contributed by atoms with van der Waals surface area (Å²) >= 11 is 0. The minimum Gasteiger partial charge on any atom is -0.478 e. The molecule has 0 saturated carbocycles. The lowest BCUT2D eigenvalue weighted by Gasteiger charge is -2.44. The first kappa shape index (κ1) is 13.5. The van der Waals surface area contributed by atoms with Gasteiger partial charge in [0.1, 0.15) is 0 Å². The van der Waals surface area contributed by atoms with Crippen molar-refractivity contribution in [2.24, 2.45) is 0 Å². The number of carboxylic acids is 1. The van der Waals surface area contributed by atoms with Crippen molar-refractivity contribution in [3.8, 4) is 0 Å². The third-order valence-electron chi connectivity index (χ3n) is 4.46. The molecule has 0 amide bonds. The number of nitrogens with zero attached hydrogens (tertiary/aromatic N) is 1. The quantitative estimate of drug-likeness (QED) is 0.850. The van der Waals surface area contributed by atoms with Gasteiger partial charge in [0.05, 0.1) is 24.5 Å². The van der Waals surface area contributed by atoms with Crippen LogP contribution in [-0.4, -0.2) is 47.5 Å². The molecule has 1 spiro atoms. The Hall–Kier alpha value is -1.43. The number of piperidine rings is 1. The second-order valence-electron chi connectivity index (χ2n) is 5.53. The molecule has 5 nitrogen and oxygen atoms in total. The van der Waals surface area contributed by atoms with E-state index in [1.807, 2.05) is 11.0 Å². The number of rotatable bonds is 2. The molecule has 2 aliphatic rings. The summed E-state index contributed by atoms with van der Waals surface area (Å²) in [7, 11) is 0. The van der Waals surface area contributed by atoms with E-state index in [4.69, 9.17) is 9.84 Å². The van der Waals surface area contributed by atoms with E-state index in [1.165, 1.54) is 0 Å². The second-order valence-corrected chi connectivity index (χ2v) is 5.53. The maximum Gasteiger partial charge on any atom is 0.335 e. The van der Waals surface area contributed by atoms with Gasteiger partial charge in [0.25, 0.3) is 0 Å². The van der Waals surface area contributed by atoms with E-state index in [0.717, 1.165) is 43.5 Å². The first-order chi connectivity index (χ1) is 9.64. The molecule has 0 atom stereocenters. The molecule has 2 N–H and O–H groups in total. The first-order valence-corrected chi connectivity index (χ1v) is 6.98. The van der Waals surface area contributed by atoms with Gasteiger partial charge >= 0.3 is 5.97 Å². The van der Waals surface area contributed by atoms with Gasteiger partial charge in [-0.2, -0.15) is 0 Å². The molecular weight excluding hydrogens is 258 g/mol. The molecule has 0 aliphatic carbocycles. The Labute approximate surface area is 117 Å². The third-order valence-corrected chi connectivity index (χ3v) is 4.46. The van der Waals surface area contributed by atoms with Crippen LogP contribution in [0.15, 0.2) is 18.2 Å². The Morgan fingerprint density at radius 1 is 1.35 bits per heavy atom. The number of carbonyl (C=O) groups is 1. The monoisotopic (exact) mass is 277 g/mol.